The van der Waals surface area contributed by atoms with Crippen molar-refractivity contribution in [2.75, 3.05) is 0 Å². The first-order chi connectivity index (χ1) is 14.7. The van der Waals surface area contributed by atoms with Crippen molar-refractivity contribution in [3.8, 4) is 0 Å². The summed E-state index contributed by atoms with van der Waals surface area (Å²) in [6.45, 7) is 0. The lowest BCUT2D eigenvalue weighted by molar-refractivity contribution is 0.448. The summed E-state index contributed by atoms with van der Waals surface area (Å²) in [5.74, 6) is 1.20. The maximum atomic E-state index is 14.2. The average molecular weight is 405 g/mol. The number of aryl methyl sites for hydroxylation is 1. The van der Waals surface area contributed by atoms with Gasteiger partial charge in [-0.25, -0.2) is 8.78 Å². The van der Waals surface area contributed by atoms with Gasteiger partial charge in [-0.3, -0.25) is 4.98 Å². The number of hydrogen-bond donors (Lipinski definition) is 1. The fourth-order valence-electron chi connectivity index (χ4n) is 5.66. The van der Waals surface area contributed by atoms with Crippen LogP contribution in [0.1, 0.15) is 67.7 Å². The lowest BCUT2D eigenvalue weighted by Crippen LogP contribution is -2.20. The molecular formula is C25H28BF2N2. The van der Waals surface area contributed by atoms with E-state index >= 15 is 0 Å². The van der Waals surface area contributed by atoms with Crippen molar-refractivity contribution in [3.05, 3.63) is 65.1 Å². The summed E-state index contributed by atoms with van der Waals surface area (Å²) in [6.07, 6.45) is 13.3. The Labute approximate surface area is 177 Å². The molecule has 5 rings (SSSR count). The van der Waals surface area contributed by atoms with Crippen LogP contribution < -0.4 is 0 Å². The standard InChI is InChI=1S/C25H28BF2N2/c27-20-12-17(14-29-15-20)16-4-1-2-5-18(9-8-16)26-19-10-11-24-22(13-19)21-6-3-7-23(28)25(21)30-24/h3,6-7,12,14-16,18-19,30H,1-2,4-5,8-11,13H2. The van der Waals surface area contributed by atoms with E-state index < -0.39 is 0 Å². The van der Waals surface area contributed by atoms with Crippen LogP contribution in [0.25, 0.3) is 10.9 Å². The Bertz CT molecular complexity index is 1030. The van der Waals surface area contributed by atoms with E-state index in [0.717, 1.165) is 49.5 Å². The summed E-state index contributed by atoms with van der Waals surface area (Å²) in [6, 6.07) is 7.06. The second kappa shape index (κ2) is 8.53. The molecule has 3 atom stereocenters. The molecule has 5 heteroatoms. The number of para-hydroxylation sites is 1. The number of aromatic amines is 1. The van der Waals surface area contributed by atoms with Crippen LogP contribution in [-0.4, -0.2) is 17.2 Å². The molecule has 1 saturated carbocycles. The predicted octanol–water partition coefficient (Wildman–Crippen LogP) is 6.75. The first-order valence-corrected chi connectivity index (χ1v) is 11.4. The molecule has 1 aromatic carbocycles. The van der Waals surface area contributed by atoms with E-state index in [2.05, 4.69) is 17.2 Å². The highest BCUT2D eigenvalue weighted by atomic mass is 19.1. The van der Waals surface area contributed by atoms with E-state index in [4.69, 9.17) is 0 Å². The molecule has 2 nitrogen and oxygen atoms in total. The molecule has 0 amide bonds. The Morgan fingerprint density at radius 2 is 1.87 bits per heavy atom. The minimum atomic E-state index is -0.231. The molecule has 0 spiro atoms. The van der Waals surface area contributed by atoms with Crippen LogP contribution in [0, 0.1) is 11.6 Å². The smallest absolute Gasteiger partial charge is 0.147 e. The molecule has 3 aromatic rings. The topological polar surface area (TPSA) is 28.7 Å². The molecule has 0 saturated heterocycles. The predicted molar refractivity (Wildman–Crippen MR) is 118 cm³/mol. The van der Waals surface area contributed by atoms with Crippen LogP contribution in [0.3, 0.4) is 0 Å². The molecule has 2 aliphatic rings. The molecule has 0 bridgehead atoms. The third kappa shape index (κ3) is 4.04. The van der Waals surface area contributed by atoms with Crippen molar-refractivity contribution in [3.63, 3.8) is 0 Å². The largest absolute Gasteiger partial charge is 0.356 e. The number of halogens is 2. The number of hydrogen-bond acceptors (Lipinski definition) is 1. The maximum Gasteiger partial charge on any atom is 0.147 e. The molecule has 30 heavy (non-hydrogen) atoms. The number of aromatic nitrogens is 2. The number of rotatable bonds is 3. The van der Waals surface area contributed by atoms with E-state index in [1.54, 1.807) is 6.07 Å². The minimum Gasteiger partial charge on any atom is -0.356 e. The number of nitrogens with one attached hydrogen (secondary N) is 1. The monoisotopic (exact) mass is 405 g/mol. The van der Waals surface area contributed by atoms with Gasteiger partial charge in [0.25, 0.3) is 0 Å². The van der Waals surface area contributed by atoms with E-state index in [1.165, 1.54) is 42.8 Å². The summed E-state index contributed by atoms with van der Waals surface area (Å²) in [5, 5.41) is 1.06. The highest BCUT2D eigenvalue weighted by Gasteiger charge is 2.27. The van der Waals surface area contributed by atoms with Gasteiger partial charge in [0.2, 0.25) is 0 Å². The third-order valence-electron chi connectivity index (χ3n) is 7.22. The van der Waals surface area contributed by atoms with Crippen molar-refractivity contribution in [1.29, 1.82) is 0 Å². The number of H-pyrrole nitrogens is 1. The van der Waals surface area contributed by atoms with Crippen LogP contribution in [0.15, 0.2) is 36.7 Å². The first kappa shape index (κ1) is 19.8. The Morgan fingerprint density at radius 3 is 2.77 bits per heavy atom. The van der Waals surface area contributed by atoms with Crippen LogP contribution in [-0.2, 0) is 12.8 Å². The minimum absolute atomic E-state index is 0.152. The van der Waals surface area contributed by atoms with Crippen molar-refractivity contribution in [2.24, 2.45) is 0 Å². The van der Waals surface area contributed by atoms with Gasteiger partial charge in [0.05, 0.1) is 11.7 Å². The van der Waals surface area contributed by atoms with Crippen molar-refractivity contribution < 1.29 is 8.78 Å². The highest BCUT2D eigenvalue weighted by Crippen LogP contribution is 2.40. The zero-order chi connectivity index (χ0) is 20.5. The number of fused-ring (bicyclic) bond motifs is 3. The third-order valence-corrected chi connectivity index (χ3v) is 7.22. The molecule has 3 unspecified atom stereocenters. The van der Waals surface area contributed by atoms with Crippen LogP contribution in [0.5, 0.6) is 0 Å². The molecule has 2 aromatic heterocycles. The maximum absolute atomic E-state index is 14.2. The van der Waals surface area contributed by atoms with Crippen molar-refractivity contribution in [1.82, 2.24) is 9.97 Å². The Kier molecular flexibility index (Phi) is 5.62. The second-order valence-corrected chi connectivity index (χ2v) is 9.20. The Balaban J connectivity index is 1.26. The van der Waals surface area contributed by atoms with Gasteiger partial charge in [0.15, 0.2) is 0 Å². The van der Waals surface area contributed by atoms with Gasteiger partial charge in [0.1, 0.15) is 18.9 Å². The molecule has 2 heterocycles. The highest BCUT2D eigenvalue weighted by molar-refractivity contribution is 6.39. The van der Waals surface area contributed by atoms with Gasteiger partial charge in [-0.05, 0) is 54.9 Å². The lowest BCUT2D eigenvalue weighted by atomic mass is 9.48. The van der Waals surface area contributed by atoms with Crippen LogP contribution >= 0.6 is 0 Å². The van der Waals surface area contributed by atoms with Crippen LogP contribution in [0.4, 0.5) is 8.78 Å². The zero-order valence-electron chi connectivity index (χ0n) is 17.3. The van der Waals surface area contributed by atoms with Crippen molar-refractivity contribution >= 4 is 18.2 Å². The van der Waals surface area contributed by atoms with Gasteiger partial charge in [-0.1, -0.05) is 55.9 Å². The molecule has 1 N–H and O–H groups in total. The summed E-state index contributed by atoms with van der Waals surface area (Å²) in [7, 11) is 2.59. The van der Waals surface area contributed by atoms with E-state index in [1.807, 2.05) is 18.3 Å². The first-order valence-electron chi connectivity index (χ1n) is 11.4. The summed E-state index contributed by atoms with van der Waals surface area (Å²) >= 11 is 0. The number of benzene rings is 1. The van der Waals surface area contributed by atoms with Crippen LogP contribution in [0.2, 0.25) is 11.6 Å². The van der Waals surface area contributed by atoms with Gasteiger partial charge in [-0.15, -0.1) is 0 Å². The summed E-state index contributed by atoms with van der Waals surface area (Å²) in [5.41, 5.74) is 4.25. The normalized spacial score (nSPS) is 24.8. The fraction of sp³-hybridized carbons (Fsp3) is 0.480. The molecule has 1 radical (unpaired) electrons. The molecule has 0 aliphatic heterocycles. The average Bonchev–Trinajstić information content (AvgIpc) is 3.10. The number of pyridine rings is 1. The van der Waals surface area contributed by atoms with E-state index in [9.17, 15) is 8.78 Å². The van der Waals surface area contributed by atoms with Crippen molar-refractivity contribution in [2.45, 2.75) is 75.3 Å². The van der Waals surface area contributed by atoms with Gasteiger partial charge in [-0.2, -0.15) is 0 Å². The van der Waals surface area contributed by atoms with E-state index in [0.29, 0.717) is 23.1 Å². The van der Waals surface area contributed by atoms with E-state index in [-0.39, 0.29) is 11.6 Å². The van der Waals surface area contributed by atoms with Gasteiger partial charge < -0.3 is 4.98 Å². The second-order valence-electron chi connectivity index (χ2n) is 9.20. The summed E-state index contributed by atoms with van der Waals surface area (Å²) in [4.78, 5) is 7.39. The number of nitrogens with zero attached hydrogens (tertiary/aromatic N) is 1. The van der Waals surface area contributed by atoms with Gasteiger partial charge >= 0.3 is 0 Å². The molecular weight excluding hydrogens is 377 g/mol. The Hall–Kier alpha value is -2.17. The lowest BCUT2D eigenvalue weighted by Gasteiger charge is -2.29. The zero-order valence-corrected chi connectivity index (χ0v) is 17.3. The fourth-order valence-corrected chi connectivity index (χ4v) is 5.66. The Morgan fingerprint density at radius 1 is 0.967 bits per heavy atom. The molecule has 1 fully saturated rings. The SMILES string of the molecule is Fc1cncc(C2CCCCC([B]C3CCc4[nH]c5c(F)cccc5c4C3)CC2)c1. The molecule has 2 aliphatic carbocycles. The molecule has 155 valence electrons. The van der Waals surface area contributed by atoms with Gasteiger partial charge in [0, 0.05) is 17.3 Å². The quantitative estimate of drug-likeness (QED) is 0.480. The summed E-state index contributed by atoms with van der Waals surface area (Å²) < 4.78 is 27.8.